The Morgan fingerprint density at radius 1 is 1.00 bits per heavy atom. The number of para-hydroxylation sites is 1. The molecule has 5 aromatic rings. The van der Waals surface area contributed by atoms with E-state index in [1.807, 2.05) is 6.07 Å². The van der Waals surface area contributed by atoms with Gasteiger partial charge < -0.3 is 15.0 Å². The molecule has 0 aliphatic heterocycles. The molecule has 0 aliphatic rings. The summed E-state index contributed by atoms with van der Waals surface area (Å²) < 4.78 is 21.8. The molecule has 0 bridgehead atoms. The van der Waals surface area contributed by atoms with Crippen molar-refractivity contribution in [3.63, 3.8) is 0 Å². The Balaban J connectivity index is 1.37. The third-order valence-electron chi connectivity index (χ3n) is 5.06. The van der Waals surface area contributed by atoms with E-state index in [0.29, 0.717) is 22.5 Å². The summed E-state index contributed by atoms with van der Waals surface area (Å²) in [5, 5.41) is 3.29. The van der Waals surface area contributed by atoms with Crippen LogP contribution in [-0.4, -0.2) is 20.4 Å². The molecule has 0 aliphatic carbocycles. The zero-order valence-corrected chi connectivity index (χ0v) is 17.2. The van der Waals surface area contributed by atoms with Gasteiger partial charge in [0.05, 0.1) is 5.39 Å². The fourth-order valence-corrected chi connectivity index (χ4v) is 3.46. The van der Waals surface area contributed by atoms with Crippen LogP contribution >= 0.6 is 0 Å². The molecular weight excluding hydrogens is 423 g/mol. The topological polar surface area (TPSA) is 89.0 Å². The predicted molar refractivity (Wildman–Crippen MR) is 123 cm³/mol. The number of halogens is 1. The number of aromatic nitrogens is 3. The van der Waals surface area contributed by atoms with Gasteiger partial charge in [0.2, 0.25) is 0 Å². The molecule has 7 nitrogen and oxygen atoms in total. The summed E-state index contributed by atoms with van der Waals surface area (Å²) in [5.41, 5.74) is 0.919. The number of amides is 1. The Hall–Kier alpha value is -4.72. The van der Waals surface area contributed by atoms with E-state index in [1.54, 1.807) is 61.1 Å². The summed E-state index contributed by atoms with van der Waals surface area (Å²) in [6.07, 6.45) is 4.86. The molecule has 0 unspecified atom stereocenters. The summed E-state index contributed by atoms with van der Waals surface area (Å²) in [7, 11) is 0. The van der Waals surface area contributed by atoms with Gasteiger partial charge in [-0.25, -0.2) is 9.37 Å². The minimum Gasteiger partial charge on any atom is -0.453 e. The van der Waals surface area contributed by atoms with E-state index in [4.69, 9.17) is 4.74 Å². The number of anilines is 1. The second kappa shape index (κ2) is 8.43. The smallest absolute Gasteiger partial charge is 0.267 e. The molecule has 162 valence electrons. The Labute approximate surface area is 187 Å². The maximum absolute atomic E-state index is 14.7. The Kier molecular flexibility index (Phi) is 5.16. The number of nitrogens with one attached hydrogen (secondary N) is 2. The maximum Gasteiger partial charge on any atom is 0.267 e. The summed E-state index contributed by atoms with van der Waals surface area (Å²) >= 11 is 0. The van der Waals surface area contributed by atoms with Crippen LogP contribution in [0.4, 0.5) is 10.1 Å². The van der Waals surface area contributed by atoms with Gasteiger partial charge in [-0.2, -0.15) is 0 Å². The predicted octanol–water partition coefficient (Wildman–Crippen LogP) is 4.90. The number of rotatable bonds is 5. The Morgan fingerprint density at radius 2 is 1.85 bits per heavy atom. The van der Waals surface area contributed by atoms with E-state index < -0.39 is 17.3 Å². The van der Waals surface area contributed by atoms with Crippen LogP contribution in [0.5, 0.6) is 11.5 Å². The van der Waals surface area contributed by atoms with E-state index in [2.05, 4.69) is 15.3 Å². The lowest BCUT2D eigenvalue weighted by atomic mass is 10.2. The average Bonchev–Trinajstić information content (AvgIpc) is 3.31. The lowest BCUT2D eigenvalue weighted by molar-refractivity contribution is 0.102. The van der Waals surface area contributed by atoms with Crippen molar-refractivity contribution < 1.29 is 13.9 Å². The van der Waals surface area contributed by atoms with Gasteiger partial charge >= 0.3 is 0 Å². The van der Waals surface area contributed by atoms with Crippen molar-refractivity contribution in [1.82, 2.24) is 14.5 Å². The van der Waals surface area contributed by atoms with E-state index >= 15 is 0 Å². The molecule has 5 rings (SSSR count). The number of benzene rings is 2. The first kappa shape index (κ1) is 20.2. The van der Waals surface area contributed by atoms with E-state index in [9.17, 15) is 14.0 Å². The van der Waals surface area contributed by atoms with Crippen LogP contribution in [0.3, 0.4) is 0 Å². The normalized spacial score (nSPS) is 10.8. The van der Waals surface area contributed by atoms with Gasteiger partial charge in [-0.1, -0.05) is 18.2 Å². The average molecular weight is 440 g/mol. The molecule has 3 heterocycles. The zero-order chi connectivity index (χ0) is 22.8. The van der Waals surface area contributed by atoms with Gasteiger partial charge in [0.25, 0.3) is 11.5 Å². The fraction of sp³-hybridized carbons (Fsp3) is 0. The van der Waals surface area contributed by atoms with Crippen LogP contribution in [0.2, 0.25) is 0 Å². The number of pyridine rings is 2. The molecule has 2 N–H and O–H groups in total. The van der Waals surface area contributed by atoms with Crippen molar-refractivity contribution in [3.8, 4) is 17.2 Å². The highest BCUT2D eigenvalue weighted by Gasteiger charge is 2.15. The monoisotopic (exact) mass is 440 g/mol. The van der Waals surface area contributed by atoms with Gasteiger partial charge in [0.15, 0.2) is 11.6 Å². The van der Waals surface area contributed by atoms with Crippen molar-refractivity contribution in [2.24, 2.45) is 0 Å². The van der Waals surface area contributed by atoms with Crippen LogP contribution in [0, 0.1) is 5.82 Å². The molecule has 3 aromatic heterocycles. The SMILES string of the molecule is O=C(Nc1ccc(Oc2ccnc3[nH]ccc23)c(F)c1)c1cccn(-c2ccccc2)c1=O. The summed E-state index contributed by atoms with van der Waals surface area (Å²) in [4.78, 5) is 32.7. The molecule has 0 saturated carbocycles. The number of nitrogens with zero attached hydrogens (tertiary/aromatic N) is 2. The largest absolute Gasteiger partial charge is 0.453 e. The Bertz CT molecular complexity index is 1530. The zero-order valence-electron chi connectivity index (χ0n) is 17.2. The van der Waals surface area contributed by atoms with Gasteiger partial charge in [0, 0.05) is 36.0 Å². The second-order valence-corrected chi connectivity index (χ2v) is 7.18. The third kappa shape index (κ3) is 3.97. The lowest BCUT2D eigenvalue weighted by Crippen LogP contribution is -2.27. The van der Waals surface area contributed by atoms with Gasteiger partial charge in [-0.15, -0.1) is 0 Å². The lowest BCUT2D eigenvalue weighted by Gasteiger charge is -2.11. The molecule has 0 radical (unpaired) electrons. The molecule has 2 aromatic carbocycles. The standard InChI is InChI=1S/C25H17FN4O3/c26-20-15-16(8-9-22(20)33-21-11-13-28-23-18(21)10-12-27-23)29-24(31)19-7-4-14-30(25(19)32)17-5-2-1-3-6-17/h1-15H,(H,27,28)(H,29,31). The number of carbonyl (C=O) groups is 1. The number of ether oxygens (including phenoxy) is 1. The van der Waals surface area contributed by atoms with Gasteiger partial charge in [0.1, 0.15) is 17.0 Å². The number of H-pyrrole nitrogens is 1. The molecular formula is C25H17FN4O3. The van der Waals surface area contributed by atoms with E-state index in [1.165, 1.54) is 22.8 Å². The molecule has 0 saturated heterocycles. The molecule has 0 atom stereocenters. The number of hydrogen-bond donors (Lipinski definition) is 2. The van der Waals surface area contributed by atoms with Crippen molar-refractivity contribution in [3.05, 3.63) is 113 Å². The van der Waals surface area contributed by atoms with Crippen molar-refractivity contribution in [2.75, 3.05) is 5.32 Å². The molecule has 0 fully saturated rings. The molecule has 33 heavy (non-hydrogen) atoms. The first-order chi connectivity index (χ1) is 16.1. The van der Waals surface area contributed by atoms with Crippen molar-refractivity contribution >= 4 is 22.6 Å². The van der Waals surface area contributed by atoms with E-state index in [-0.39, 0.29) is 17.0 Å². The minimum absolute atomic E-state index is 0.00663. The molecule has 1 amide bonds. The quantitative estimate of drug-likeness (QED) is 0.407. The van der Waals surface area contributed by atoms with Crippen LogP contribution in [0.25, 0.3) is 16.7 Å². The van der Waals surface area contributed by atoms with Crippen molar-refractivity contribution in [2.45, 2.75) is 0 Å². The highest BCUT2D eigenvalue weighted by atomic mass is 19.1. The summed E-state index contributed by atoms with van der Waals surface area (Å²) in [6, 6.07) is 19.5. The second-order valence-electron chi connectivity index (χ2n) is 7.18. The Morgan fingerprint density at radius 3 is 2.67 bits per heavy atom. The number of aromatic amines is 1. The van der Waals surface area contributed by atoms with E-state index in [0.717, 1.165) is 6.07 Å². The minimum atomic E-state index is -0.664. The van der Waals surface area contributed by atoms with Crippen molar-refractivity contribution in [1.29, 1.82) is 0 Å². The highest BCUT2D eigenvalue weighted by molar-refractivity contribution is 6.04. The summed E-state index contributed by atoms with van der Waals surface area (Å²) in [6.45, 7) is 0. The number of carbonyl (C=O) groups excluding carboxylic acids is 1. The maximum atomic E-state index is 14.7. The van der Waals surface area contributed by atoms with Gasteiger partial charge in [-0.3, -0.25) is 14.2 Å². The molecule has 0 spiro atoms. The van der Waals surface area contributed by atoms with Crippen LogP contribution in [0.1, 0.15) is 10.4 Å². The van der Waals surface area contributed by atoms with Gasteiger partial charge in [-0.05, 0) is 48.5 Å². The number of fused-ring (bicyclic) bond motifs is 1. The summed E-state index contributed by atoms with van der Waals surface area (Å²) in [5.74, 6) is -0.861. The fourth-order valence-electron chi connectivity index (χ4n) is 3.46. The highest BCUT2D eigenvalue weighted by Crippen LogP contribution is 2.31. The first-order valence-electron chi connectivity index (χ1n) is 10.1. The third-order valence-corrected chi connectivity index (χ3v) is 5.06. The number of hydrogen-bond acceptors (Lipinski definition) is 4. The van der Waals surface area contributed by atoms with Crippen LogP contribution < -0.4 is 15.6 Å². The van der Waals surface area contributed by atoms with Crippen LogP contribution in [0.15, 0.2) is 96.2 Å². The first-order valence-corrected chi connectivity index (χ1v) is 10.1. The van der Waals surface area contributed by atoms with Crippen LogP contribution in [-0.2, 0) is 0 Å². The molecule has 8 heteroatoms.